The fraction of sp³-hybridized carbons (Fsp3) is 0.417. The van der Waals surface area contributed by atoms with E-state index in [4.69, 9.17) is 32.7 Å². The summed E-state index contributed by atoms with van der Waals surface area (Å²) in [6.07, 6.45) is -8.79. The van der Waals surface area contributed by atoms with Gasteiger partial charge in [-0.05, 0) is 41.7 Å². The predicted octanol–water partition coefficient (Wildman–Crippen LogP) is 2.92. The molecule has 0 spiro atoms. The molecule has 2 aromatic rings. The number of ether oxygens (including phenoxy) is 2. The Morgan fingerprint density at radius 1 is 0.971 bits per heavy atom. The van der Waals surface area contributed by atoms with Crippen LogP contribution in [-0.4, -0.2) is 75.1 Å². The zero-order valence-electron chi connectivity index (χ0n) is 18.6. The summed E-state index contributed by atoms with van der Waals surface area (Å²) in [5, 5.41) is 40.1. The van der Waals surface area contributed by atoms with Crippen molar-refractivity contribution in [3.63, 3.8) is 0 Å². The average Bonchev–Trinajstić information content (AvgIpc) is 2.84. The van der Waals surface area contributed by atoms with Crippen LogP contribution in [0.2, 0.25) is 10.0 Å². The molecule has 7 atom stereocenters. The van der Waals surface area contributed by atoms with Gasteiger partial charge >= 0.3 is 12.1 Å². The standard InChI is InChI=1S/C24H25Cl2NO8/c1-27(24(33)35-23-20(30)18(28)19(29)21(34-23)22(31)32)17-9-7-12(13-4-2-3-5-14(13)17)11-6-8-15(25)16(26)10-11/h2-6,8,10,12,17-21,23,28-30H,7,9H2,1H3,(H,31,32). The van der Waals surface area contributed by atoms with Crippen molar-refractivity contribution in [3.05, 3.63) is 69.2 Å². The molecule has 4 rings (SSSR count). The highest BCUT2D eigenvalue weighted by atomic mass is 35.5. The van der Waals surface area contributed by atoms with Gasteiger partial charge in [-0.2, -0.15) is 0 Å². The van der Waals surface area contributed by atoms with Crippen LogP contribution in [0.25, 0.3) is 0 Å². The van der Waals surface area contributed by atoms with Crippen molar-refractivity contribution in [1.82, 2.24) is 4.90 Å². The van der Waals surface area contributed by atoms with E-state index >= 15 is 0 Å². The topological polar surface area (TPSA) is 137 Å². The molecule has 1 heterocycles. The molecule has 188 valence electrons. The van der Waals surface area contributed by atoms with Crippen LogP contribution in [0.5, 0.6) is 0 Å². The first-order valence-corrected chi connectivity index (χ1v) is 11.8. The van der Waals surface area contributed by atoms with Crippen LogP contribution in [-0.2, 0) is 14.3 Å². The average molecular weight is 526 g/mol. The summed E-state index contributed by atoms with van der Waals surface area (Å²) < 4.78 is 10.3. The number of hydrogen-bond acceptors (Lipinski definition) is 7. The SMILES string of the molecule is CN(C(=O)OC1OC(C(=O)O)C(O)C(O)C1O)C1CCC(c2ccc(Cl)c(Cl)c2)c2ccccc21. The second-order valence-corrected chi connectivity index (χ2v) is 9.49. The highest BCUT2D eigenvalue weighted by Crippen LogP contribution is 2.44. The highest BCUT2D eigenvalue weighted by molar-refractivity contribution is 6.42. The molecule has 4 N–H and O–H groups in total. The summed E-state index contributed by atoms with van der Waals surface area (Å²) in [6.45, 7) is 0. The van der Waals surface area contributed by atoms with Gasteiger partial charge in [-0.25, -0.2) is 9.59 Å². The minimum absolute atomic E-state index is 0.0399. The van der Waals surface area contributed by atoms with Gasteiger partial charge in [0.05, 0.1) is 16.1 Å². The van der Waals surface area contributed by atoms with Gasteiger partial charge in [0.2, 0.25) is 6.29 Å². The third kappa shape index (κ3) is 4.97. The second kappa shape index (κ2) is 10.3. The summed E-state index contributed by atoms with van der Waals surface area (Å²) in [4.78, 5) is 25.6. The van der Waals surface area contributed by atoms with E-state index in [9.17, 15) is 30.0 Å². The smallest absolute Gasteiger partial charge is 0.412 e. The summed E-state index contributed by atoms with van der Waals surface area (Å²) in [5.74, 6) is -1.52. The number of hydrogen-bond donors (Lipinski definition) is 4. The monoisotopic (exact) mass is 525 g/mol. The lowest BCUT2D eigenvalue weighted by Gasteiger charge is -2.40. The molecule has 1 amide bonds. The van der Waals surface area contributed by atoms with Crippen molar-refractivity contribution >= 4 is 35.3 Å². The number of aliphatic carboxylic acids is 1. The molecule has 0 saturated carbocycles. The Balaban J connectivity index is 1.54. The molecule has 1 fully saturated rings. The van der Waals surface area contributed by atoms with Crippen LogP contribution in [0.4, 0.5) is 4.79 Å². The molecule has 9 nitrogen and oxygen atoms in total. The summed E-state index contributed by atoms with van der Waals surface area (Å²) in [7, 11) is 1.53. The lowest BCUT2D eigenvalue weighted by Crippen LogP contribution is -2.61. The first-order valence-electron chi connectivity index (χ1n) is 11.0. The lowest BCUT2D eigenvalue weighted by molar-refractivity contribution is -0.280. The van der Waals surface area contributed by atoms with E-state index in [1.54, 1.807) is 6.07 Å². The van der Waals surface area contributed by atoms with E-state index in [1.165, 1.54) is 11.9 Å². The van der Waals surface area contributed by atoms with E-state index < -0.39 is 42.8 Å². The summed E-state index contributed by atoms with van der Waals surface area (Å²) >= 11 is 12.3. The maximum atomic E-state index is 13.0. The number of halogens is 2. The van der Waals surface area contributed by atoms with E-state index in [0.29, 0.717) is 22.9 Å². The molecule has 0 radical (unpaired) electrons. The number of rotatable bonds is 4. The molecule has 1 saturated heterocycles. The van der Waals surface area contributed by atoms with Crippen molar-refractivity contribution in [2.75, 3.05) is 7.05 Å². The van der Waals surface area contributed by atoms with Crippen LogP contribution in [0.1, 0.15) is 41.5 Å². The molecular weight excluding hydrogens is 501 g/mol. The van der Waals surface area contributed by atoms with Crippen molar-refractivity contribution in [2.45, 2.75) is 55.5 Å². The molecule has 1 aliphatic carbocycles. The Morgan fingerprint density at radius 3 is 2.31 bits per heavy atom. The van der Waals surface area contributed by atoms with Gasteiger partial charge in [-0.15, -0.1) is 0 Å². The normalized spacial score (nSPS) is 30.3. The Labute approximate surface area is 211 Å². The Hall–Kier alpha value is -2.40. The molecule has 7 unspecified atom stereocenters. The molecule has 0 aromatic heterocycles. The minimum Gasteiger partial charge on any atom is -0.479 e. The number of carbonyl (C=O) groups is 2. The van der Waals surface area contributed by atoms with Gasteiger partial charge in [0.1, 0.15) is 18.3 Å². The van der Waals surface area contributed by atoms with Gasteiger partial charge in [-0.1, -0.05) is 53.5 Å². The van der Waals surface area contributed by atoms with Crippen LogP contribution < -0.4 is 0 Å². The maximum Gasteiger partial charge on any atom is 0.412 e. The molecular formula is C24H25Cl2NO8. The third-order valence-electron chi connectivity index (χ3n) is 6.59. The molecule has 2 aromatic carbocycles. The van der Waals surface area contributed by atoms with Gasteiger partial charge in [-0.3, -0.25) is 0 Å². The largest absolute Gasteiger partial charge is 0.479 e. The fourth-order valence-electron chi connectivity index (χ4n) is 4.70. The molecule has 11 heteroatoms. The Bertz CT molecular complexity index is 1110. The summed E-state index contributed by atoms with van der Waals surface area (Å²) in [6, 6.07) is 12.8. The number of aliphatic hydroxyl groups excluding tert-OH is 3. The number of fused-ring (bicyclic) bond motifs is 1. The van der Waals surface area contributed by atoms with Crippen LogP contribution >= 0.6 is 23.2 Å². The second-order valence-electron chi connectivity index (χ2n) is 8.68. The fourth-order valence-corrected chi connectivity index (χ4v) is 5.01. The maximum absolute atomic E-state index is 13.0. The molecule has 35 heavy (non-hydrogen) atoms. The first-order chi connectivity index (χ1) is 16.6. The number of aliphatic hydroxyl groups is 3. The Kier molecular flexibility index (Phi) is 7.56. The number of nitrogens with zero attached hydrogens (tertiary/aromatic N) is 1. The first kappa shape index (κ1) is 25.7. The van der Waals surface area contributed by atoms with E-state index in [0.717, 1.165) is 16.7 Å². The zero-order valence-corrected chi connectivity index (χ0v) is 20.1. The molecule has 0 bridgehead atoms. The van der Waals surface area contributed by atoms with E-state index in [1.807, 2.05) is 36.4 Å². The predicted molar refractivity (Wildman–Crippen MR) is 125 cm³/mol. The number of benzene rings is 2. The molecule has 2 aliphatic rings. The van der Waals surface area contributed by atoms with E-state index in [2.05, 4.69) is 0 Å². The van der Waals surface area contributed by atoms with Crippen LogP contribution in [0.15, 0.2) is 42.5 Å². The minimum atomic E-state index is -1.88. The van der Waals surface area contributed by atoms with Crippen LogP contribution in [0.3, 0.4) is 0 Å². The highest BCUT2D eigenvalue weighted by Gasteiger charge is 2.49. The van der Waals surface area contributed by atoms with Crippen molar-refractivity contribution in [1.29, 1.82) is 0 Å². The van der Waals surface area contributed by atoms with Crippen LogP contribution in [0, 0.1) is 0 Å². The lowest BCUT2D eigenvalue weighted by atomic mass is 9.76. The number of carboxylic acids is 1. The van der Waals surface area contributed by atoms with E-state index in [-0.39, 0.29) is 12.0 Å². The van der Waals surface area contributed by atoms with Gasteiger partial charge in [0.15, 0.2) is 6.10 Å². The molecule has 1 aliphatic heterocycles. The van der Waals surface area contributed by atoms with Gasteiger partial charge in [0, 0.05) is 13.0 Å². The number of carbonyl (C=O) groups excluding carboxylic acids is 1. The van der Waals surface area contributed by atoms with Crippen molar-refractivity contribution < 1.29 is 39.5 Å². The number of amides is 1. The van der Waals surface area contributed by atoms with Crippen molar-refractivity contribution in [3.8, 4) is 0 Å². The van der Waals surface area contributed by atoms with Crippen molar-refractivity contribution in [2.24, 2.45) is 0 Å². The summed E-state index contributed by atoms with van der Waals surface area (Å²) in [5.41, 5.74) is 2.92. The van der Waals surface area contributed by atoms with Gasteiger partial charge < -0.3 is 34.8 Å². The third-order valence-corrected chi connectivity index (χ3v) is 7.33. The Morgan fingerprint density at radius 2 is 1.66 bits per heavy atom. The number of carboxylic acid groups (broad SMARTS) is 1. The van der Waals surface area contributed by atoms with Gasteiger partial charge in [0.25, 0.3) is 0 Å². The quantitative estimate of drug-likeness (QED) is 0.478. The zero-order chi connectivity index (χ0) is 25.4.